The Balaban J connectivity index is 1.56. The average Bonchev–Trinajstić information content (AvgIpc) is 3.27. The Kier molecular flexibility index (Phi) is 5.87. The van der Waals surface area contributed by atoms with Crippen LogP contribution in [0.4, 0.5) is 4.39 Å². The lowest BCUT2D eigenvalue weighted by Gasteiger charge is -2.10. The van der Waals surface area contributed by atoms with Gasteiger partial charge in [-0.2, -0.15) is 0 Å². The zero-order valence-electron chi connectivity index (χ0n) is 22.5. The van der Waals surface area contributed by atoms with Crippen molar-refractivity contribution >= 4 is 21.9 Å². The molecule has 2 aromatic heterocycles. The molecule has 0 saturated carbocycles. The lowest BCUT2D eigenvalue weighted by molar-refractivity contribution is -0.660. The van der Waals surface area contributed by atoms with E-state index in [9.17, 15) is 0 Å². The van der Waals surface area contributed by atoms with E-state index in [4.69, 9.17) is 4.42 Å². The van der Waals surface area contributed by atoms with Crippen LogP contribution < -0.4 is 4.57 Å². The molecule has 4 aromatic carbocycles. The van der Waals surface area contributed by atoms with Gasteiger partial charge in [-0.1, -0.05) is 68.4 Å². The first-order valence-corrected chi connectivity index (χ1v) is 13.1. The fourth-order valence-electron chi connectivity index (χ4n) is 5.49. The molecule has 188 valence electrons. The SMILES string of the molecule is Cc1ccc(-c2c(C)ccc3c2oc2c(-c4cccc(-c5ccc(C(C)C)cc5)c4)c(F)ccc23)[n+](C)c1. The van der Waals surface area contributed by atoms with Crippen molar-refractivity contribution in [2.75, 3.05) is 0 Å². The molecule has 0 N–H and O–H groups in total. The Morgan fingerprint density at radius 2 is 1.39 bits per heavy atom. The van der Waals surface area contributed by atoms with Gasteiger partial charge >= 0.3 is 0 Å². The van der Waals surface area contributed by atoms with Crippen LogP contribution in [0, 0.1) is 19.7 Å². The molecule has 0 aliphatic heterocycles. The average molecular weight is 501 g/mol. The van der Waals surface area contributed by atoms with E-state index < -0.39 is 0 Å². The zero-order valence-corrected chi connectivity index (χ0v) is 22.5. The number of pyridine rings is 1. The highest BCUT2D eigenvalue weighted by Crippen LogP contribution is 2.42. The van der Waals surface area contributed by atoms with Crippen LogP contribution in [0.15, 0.2) is 95.5 Å². The van der Waals surface area contributed by atoms with Crippen LogP contribution in [0.3, 0.4) is 0 Å². The van der Waals surface area contributed by atoms with Gasteiger partial charge in [-0.3, -0.25) is 0 Å². The van der Waals surface area contributed by atoms with Gasteiger partial charge in [0.05, 0.1) is 11.1 Å². The molecule has 2 nitrogen and oxygen atoms in total. The number of aromatic nitrogens is 1. The highest BCUT2D eigenvalue weighted by molar-refractivity contribution is 6.13. The summed E-state index contributed by atoms with van der Waals surface area (Å²) in [5, 5.41) is 1.90. The summed E-state index contributed by atoms with van der Waals surface area (Å²) in [6.07, 6.45) is 2.11. The molecule has 3 heteroatoms. The van der Waals surface area contributed by atoms with E-state index in [1.807, 2.05) is 25.2 Å². The molecule has 6 rings (SSSR count). The second-order valence-corrected chi connectivity index (χ2v) is 10.6. The number of rotatable bonds is 4. The van der Waals surface area contributed by atoms with Crippen LogP contribution in [-0.4, -0.2) is 0 Å². The molecule has 0 unspecified atom stereocenters. The molecule has 6 aromatic rings. The molecule has 0 aliphatic carbocycles. The van der Waals surface area contributed by atoms with Gasteiger partial charge in [0.15, 0.2) is 6.20 Å². The third-order valence-electron chi connectivity index (χ3n) is 7.57. The van der Waals surface area contributed by atoms with Crippen LogP contribution in [0.25, 0.3) is 55.4 Å². The highest BCUT2D eigenvalue weighted by Gasteiger charge is 2.23. The predicted octanol–water partition coefficient (Wildman–Crippen LogP) is 9.29. The van der Waals surface area contributed by atoms with Gasteiger partial charge in [0.25, 0.3) is 0 Å². The van der Waals surface area contributed by atoms with Crippen molar-refractivity contribution in [2.24, 2.45) is 7.05 Å². The smallest absolute Gasteiger partial charge is 0.216 e. The van der Waals surface area contributed by atoms with Crippen LogP contribution in [0.1, 0.15) is 36.5 Å². The van der Waals surface area contributed by atoms with Crippen molar-refractivity contribution in [1.82, 2.24) is 0 Å². The molecule has 2 heterocycles. The summed E-state index contributed by atoms with van der Waals surface area (Å²) in [5.41, 5.74) is 10.5. The monoisotopic (exact) mass is 500 g/mol. The maximum Gasteiger partial charge on any atom is 0.216 e. The predicted molar refractivity (Wildman–Crippen MR) is 155 cm³/mol. The number of furan rings is 1. The molecular weight excluding hydrogens is 469 g/mol. The number of nitrogens with zero attached hydrogens (tertiary/aromatic N) is 1. The van der Waals surface area contributed by atoms with Crippen LogP contribution in [0.5, 0.6) is 0 Å². The Bertz CT molecular complexity index is 1830. The normalized spacial score (nSPS) is 11.7. The Hall–Kier alpha value is -4.24. The third kappa shape index (κ3) is 3.99. The second kappa shape index (κ2) is 9.25. The minimum Gasteiger partial charge on any atom is -0.454 e. The van der Waals surface area contributed by atoms with Gasteiger partial charge in [0.1, 0.15) is 24.0 Å². The van der Waals surface area contributed by atoms with E-state index in [0.29, 0.717) is 17.1 Å². The Morgan fingerprint density at radius 1 is 0.711 bits per heavy atom. The number of hydrogen-bond donors (Lipinski definition) is 0. The summed E-state index contributed by atoms with van der Waals surface area (Å²) < 4.78 is 24.3. The number of benzene rings is 4. The molecule has 0 bridgehead atoms. The first kappa shape index (κ1) is 24.1. The Labute approximate surface area is 223 Å². The van der Waals surface area contributed by atoms with Gasteiger partial charge < -0.3 is 4.42 Å². The van der Waals surface area contributed by atoms with Crippen molar-refractivity contribution in [1.29, 1.82) is 0 Å². The first-order valence-electron chi connectivity index (χ1n) is 13.1. The minimum absolute atomic E-state index is 0.289. The molecule has 0 saturated heterocycles. The van der Waals surface area contributed by atoms with Gasteiger partial charge in [-0.05, 0) is 71.8 Å². The zero-order chi connectivity index (χ0) is 26.6. The molecule has 0 radical (unpaired) electrons. The minimum atomic E-state index is -0.289. The Morgan fingerprint density at radius 3 is 2.11 bits per heavy atom. The second-order valence-electron chi connectivity index (χ2n) is 10.6. The molecule has 0 atom stereocenters. The standard InChI is InChI=1S/C35H31FNO/c1-21(2)24-11-13-25(14-12-24)26-7-6-8-27(19-26)33-30(36)17-16-29-28-15-10-23(4)32(34(28)38-35(29)33)31-18-9-22(3)20-37(31)5/h6-21H,1-5H3/q+1. The van der Waals surface area contributed by atoms with Crippen molar-refractivity contribution < 1.29 is 13.4 Å². The summed E-state index contributed by atoms with van der Waals surface area (Å²) in [4.78, 5) is 0. The van der Waals surface area contributed by atoms with E-state index in [1.54, 1.807) is 6.07 Å². The summed E-state index contributed by atoms with van der Waals surface area (Å²) in [7, 11) is 2.05. The fraction of sp³-hybridized carbons (Fsp3) is 0.171. The van der Waals surface area contributed by atoms with Crippen LogP contribution in [0.2, 0.25) is 0 Å². The van der Waals surface area contributed by atoms with Crippen molar-refractivity contribution in [3.8, 4) is 33.5 Å². The topological polar surface area (TPSA) is 17.0 Å². The number of hydrogen-bond acceptors (Lipinski definition) is 1. The molecule has 0 fully saturated rings. The summed E-state index contributed by atoms with van der Waals surface area (Å²) >= 11 is 0. The lowest BCUT2D eigenvalue weighted by atomic mass is 9.95. The van der Waals surface area contributed by atoms with Crippen molar-refractivity contribution in [3.05, 3.63) is 114 Å². The molecule has 0 spiro atoms. The van der Waals surface area contributed by atoms with Crippen LogP contribution in [-0.2, 0) is 7.05 Å². The van der Waals surface area contributed by atoms with Crippen molar-refractivity contribution in [2.45, 2.75) is 33.6 Å². The van der Waals surface area contributed by atoms with Gasteiger partial charge in [0, 0.05) is 22.4 Å². The maximum atomic E-state index is 15.6. The molecule has 0 amide bonds. The third-order valence-corrected chi connectivity index (χ3v) is 7.57. The van der Waals surface area contributed by atoms with Gasteiger partial charge in [0.2, 0.25) is 5.69 Å². The summed E-state index contributed by atoms with van der Waals surface area (Å²) in [6, 6.07) is 28.5. The van der Waals surface area contributed by atoms with E-state index in [2.05, 4.69) is 99.1 Å². The molecular formula is C35H31FNO+. The van der Waals surface area contributed by atoms with Gasteiger partial charge in [-0.15, -0.1) is 0 Å². The fourth-order valence-corrected chi connectivity index (χ4v) is 5.49. The number of halogens is 1. The summed E-state index contributed by atoms with van der Waals surface area (Å²) in [6.45, 7) is 8.56. The number of fused-ring (bicyclic) bond motifs is 3. The molecule has 38 heavy (non-hydrogen) atoms. The van der Waals surface area contributed by atoms with Crippen LogP contribution >= 0.6 is 0 Å². The lowest BCUT2D eigenvalue weighted by Crippen LogP contribution is -2.31. The van der Waals surface area contributed by atoms with Gasteiger partial charge in [-0.25, -0.2) is 8.96 Å². The quantitative estimate of drug-likeness (QED) is 0.220. The maximum absolute atomic E-state index is 15.6. The summed E-state index contributed by atoms with van der Waals surface area (Å²) in [5.74, 6) is 0.189. The van der Waals surface area contributed by atoms with Crippen molar-refractivity contribution in [3.63, 3.8) is 0 Å². The largest absolute Gasteiger partial charge is 0.454 e. The molecule has 0 aliphatic rings. The van der Waals surface area contributed by atoms with E-state index >= 15 is 4.39 Å². The first-order chi connectivity index (χ1) is 18.3. The number of aryl methyl sites for hydroxylation is 3. The van der Waals surface area contributed by atoms with E-state index in [-0.39, 0.29) is 5.82 Å². The van der Waals surface area contributed by atoms with E-state index in [0.717, 1.165) is 49.9 Å². The highest BCUT2D eigenvalue weighted by atomic mass is 19.1. The van der Waals surface area contributed by atoms with E-state index in [1.165, 1.54) is 11.1 Å².